The summed E-state index contributed by atoms with van der Waals surface area (Å²) in [7, 11) is 0. The lowest BCUT2D eigenvalue weighted by Gasteiger charge is -2.21. The highest BCUT2D eigenvalue weighted by atomic mass is 127. The van der Waals surface area contributed by atoms with Gasteiger partial charge in [0.05, 0.1) is 0 Å². The number of likely N-dealkylation sites (tertiary alicyclic amines) is 2. The predicted octanol–water partition coefficient (Wildman–Crippen LogP) is 2.68. The summed E-state index contributed by atoms with van der Waals surface area (Å²) in [5, 5.41) is 6.76. The molecule has 2 aliphatic rings. The summed E-state index contributed by atoms with van der Waals surface area (Å²) in [6, 6.07) is 0. The molecule has 0 saturated carbocycles. The standard InChI is InChI=1S/C20H39N5O.HI/c1-3-21-20(23-16-18(2)17-24-12-7-8-13-24)22-11-9-15-25-14-6-4-5-10-19(25)26;/h18H,3-17H2,1-2H3,(H2,21,22,23);1H. The fourth-order valence-corrected chi connectivity index (χ4v) is 3.80. The van der Waals surface area contributed by atoms with Crippen molar-refractivity contribution in [3.05, 3.63) is 0 Å². The summed E-state index contributed by atoms with van der Waals surface area (Å²) >= 11 is 0. The van der Waals surface area contributed by atoms with E-state index in [1.807, 2.05) is 4.90 Å². The van der Waals surface area contributed by atoms with Gasteiger partial charge < -0.3 is 20.4 Å². The summed E-state index contributed by atoms with van der Waals surface area (Å²) in [6.07, 6.45) is 7.79. The van der Waals surface area contributed by atoms with E-state index in [1.165, 1.54) is 32.4 Å². The van der Waals surface area contributed by atoms with Gasteiger partial charge in [0.15, 0.2) is 5.96 Å². The molecule has 2 N–H and O–H groups in total. The van der Waals surface area contributed by atoms with Crippen LogP contribution in [-0.4, -0.2) is 74.0 Å². The van der Waals surface area contributed by atoms with Crippen molar-refractivity contribution in [2.24, 2.45) is 10.9 Å². The smallest absolute Gasteiger partial charge is 0.222 e. The van der Waals surface area contributed by atoms with Crippen molar-refractivity contribution in [1.82, 2.24) is 20.4 Å². The number of hydrogen-bond donors (Lipinski definition) is 2. The van der Waals surface area contributed by atoms with Crippen LogP contribution in [0.5, 0.6) is 0 Å². The summed E-state index contributed by atoms with van der Waals surface area (Å²) in [6.45, 7) is 12.4. The van der Waals surface area contributed by atoms with Crippen LogP contribution in [0.1, 0.15) is 58.8 Å². The molecule has 27 heavy (non-hydrogen) atoms. The first kappa shape index (κ1) is 24.5. The average Bonchev–Trinajstić information content (AvgIpc) is 3.05. The number of hydrogen-bond acceptors (Lipinski definition) is 3. The van der Waals surface area contributed by atoms with Gasteiger partial charge in [0.2, 0.25) is 5.91 Å². The van der Waals surface area contributed by atoms with Crippen LogP contribution in [0.4, 0.5) is 0 Å². The van der Waals surface area contributed by atoms with E-state index in [0.717, 1.165) is 70.9 Å². The van der Waals surface area contributed by atoms with Gasteiger partial charge in [-0.15, -0.1) is 24.0 Å². The van der Waals surface area contributed by atoms with Crippen molar-refractivity contribution in [3.63, 3.8) is 0 Å². The van der Waals surface area contributed by atoms with Crippen LogP contribution < -0.4 is 10.6 Å². The highest BCUT2D eigenvalue weighted by molar-refractivity contribution is 14.0. The Kier molecular flexibility index (Phi) is 13.1. The van der Waals surface area contributed by atoms with E-state index in [1.54, 1.807) is 0 Å². The Hall–Kier alpha value is -0.570. The lowest BCUT2D eigenvalue weighted by atomic mass is 10.2. The van der Waals surface area contributed by atoms with Crippen LogP contribution in [0.3, 0.4) is 0 Å². The van der Waals surface area contributed by atoms with E-state index in [4.69, 9.17) is 4.99 Å². The number of carbonyl (C=O) groups is 1. The second-order valence-electron chi connectivity index (χ2n) is 7.80. The van der Waals surface area contributed by atoms with Gasteiger partial charge in [-0.2, -0.15) is 0 Å². The van der Waals surface area contributed by atoms with E-state index in [0.29, 0.717) is 11.8 Å². The molecular weight excluding hydrogens is 453 g/mol. The first-order chi connectivity index (χ1) is 12.7. The Morgan fingerprint density at radius 1 is 1.11 bits per heavy atom. The Balaban J connectivity index is 0.00000364. The van der Waals surface area contributed by atoms with Gasteiger partial charge in [0, 0.05) is 45.7 Å². The Bertz CT molecular complexity index is 440. The third kappa shape index (κ3) is 9.96. The molecule has 1 unspecified atom stereocenters. The van der Waals surface area contributed by atoms with Crippen LogP contribution in [-0.2, 0) is 4.79 Å². The maximum absolute atomic E-state index is 12.0. The second kappa shape index (κ2) is 14.4. The Labute approximate surface area is 182 Å². The number of amides is 1. The topological polar surface area (TPSA) is 60.0 Å². The molecule has 0 aromatic heterocycles. The molecule has 6 nitrogen and oxygen atoms in total. The summed E-state index contributed by atoms with van der Waals surface area (Å²) in [4.78, 5) is 21.4. The maximum atomic E-state index is 12.0. The summed E-state index contributed by atoms with van der Waals surface area (Å²) in [5.74, 6) is 1.82. The van der Waals surface area contributed by atoms with Gasteiger partial charge in [0.25, 0.3) is 0 Å². The third-order valence-corrected chi connectivity index (χ3v) is 5.24. The molecule has 7 heteroatoms. The monoisotopic (exact) mass is 493 g/mol. The molecular formula is C20H40IN5O. The van der Waals surface area contributed by atoms with Gasteiger partial charge in [0.1, 0.15) is 0 Å². The molecule has 2 aliphatic heterocycles. The van der Waals surface area contributed by atoms with Crippen LogP contribution in [0.2, 0.25) is 0 Å². The zero-order valence-corrected chi connectivity index (χ0v) is 19.7. The van der Waals surface area contributed by atoms with Crippen LogP contribution in [0, 0.1) is 5.92 Å². The fourth-order valence-electron chi connectivity index (χ4n) is 3.80. The minimum absolute atomic E-state index is 0. The molecule has 2 heterocycles. The van der Waals surface area contributed by atoms with Crippen LogP contribution in [0.15, 0.2) is 4.99 Å². The SMILES string of the molecule is CCNC(=NCC(C)CN1CCCC1)NCCCN1CCCCCC1=O.I. The van der Waals surface area contributed by atoms with Gasteiger partial charge in [-0.1, -0.05) is 13.3 Å². The van der Waals surface area contributed by atoms with E-state index in [2.05, 4.69) is 29.4 Å². The van der Waals surface area contributed by atoms with Gasteiger partial charge in [-0.05, 0) is 58.0 Å². The fraction of sp³-hybridized carbons (Fsp3) is 0.900. The van der Waals surface area contributed by atoms with Crippen LogP contribution >= 0.6 is 24.0 Å². The lowest BCUT2D eigenvalue weighted by Crippen LogP contribution is -2.40. The number of aliphatic imine (C=N–C) groups is 1. The number of nitrogens with one attached hydrogen (secondary N) is 2. The number of halogens is 1. The zero-order valence-electron chi connectivity index (χ0n) is 17.3. The maximum Gasteiger partial charge on any atom is 0.222 e. The van der Waals surface area contributed by atoms with Gasteiger partial charge >= 0.3 is 0 Å². The van der Waals surface area contributed by atoms with E-state index < -0.39 is 0 Å². The molecule has 0 aromatic carbocycles. The molecule has 0 spiro atoms. The first-order valence-corrected chi connectivity index (χ1v) is 10.7. The molecule has 0 aliphatic carbocycles. The third-order valence-electron chi connectivity index (χ3n) is 5.24. The van der Waals surface area contributed by atoms with E-state index >= 15 is 0 Å². The predicted molar refractivity (Wildman–Crippen MR) is 124 cm³/mol. The van der Waals surface area contributed by atoms with Gasteiger partial charge in [-0.3, -0.25) is 9.79 Å². The summed E-state index contributed by atoms with van der Waals surface area (Å²) in [5.41, 5.74) is 0. The van der Waals surface area contributed by atoms with Crippen LogP contribution in [0.25, 0.3) is 0 Å². The minimum atomic E-state index is 0. The molecule has 1 atom stereocenters. The van der Waals surface area contributed by atoms with Crippen molar-refractivity contribution in [1.29, 1.82) is 0 Å². The molecule has 2 saturated heterocycles. The van der Waals surface area contributed by atoms with Crippen molar-refractivity contribution >= 4 is 35.8 Å². The molecule has 2 fully saturated rings. The largest absolute Gasteiger partial charge is 0.357 e. The molecule has 0 bridgehead atoms. The second-order valence-corrected chi connectivity index (χ2v) is 7.80. The summed E-state index contributed by atoms with van der Waals surface area (Å²) < 4.78 is 0. The highest BCUT2D eigenvalue weighted by Gasteiger charge is 2.16. The van der Waals surface area contributed by atoms with Crippen molar-refractivity contribution < 1.29 is 4.79 Å². The number of guanidine groups is 1. The first-order valence-electron chi connectivity index (χ1n) is 10.7. The number of nitrogens with zero attached hydrogens (tertiary/aromatic N) is 3. The van der Waals surface area contributed by atoms with E-state index in [9.17, 15) is 4.79 Å². The van der Waals surface area contributed by atoms with Crippen molar-refractivity contribution in [3.8, 4) is 0 Å². The Morgan fingerprint density at radius 2 is 1.85 bits per heavy atom. The average molecular weight is 493 g/mol. The van der Waals surface area contributed by atoms with Gasteiger partial charge in [-0.25, -0.2) is 0 Å². The lowest BCUT2D eigenvalue weighted by molar-refractivity contribution is -0.130. The zero-order chi connectivity index (χ0) is 18.6. The number of rotatable bonds is 9. The minimum Gasteiger partial charge on any atom is -0.357 e. The van der Waals surface area contributed by atoms with E-state index in [-0.39, 0.29) is 24.0 Å². The van der Waals surface area contributed by atoms with Crippen molar-refractivity contribution in [2.45, 2.75) is 58.8 Å². The normalized spacial score (nSPS) is 20.1. The molecule has 0 aromatic rings. The molecule has 1 amide bonds. The molecule has 0 radical (unpaired) electrons. The molecule has 2 rings (SSSR count). The Morgan fingerprint density at radius 3 is 2.59 bits per heavy atom. The quantitative estimate of drug-likeness (QED) is 0.225. The highest BCUT2D eigenvalue weighted by Crippen LogP contribution is 2.11. The molecule has 158 valence electrons. The van der Waals surface area contributed by atoms with Crippen molar-refractivity contribution in [2.75, 3.05) is 52.4 Å². The number of carbonyl (C=O) groups excluding carboxylic acids is 1.